The van der Waals surface area contributed by atoms with E-state index in [2.05, 4.69) is 5.32 Å². The van der Waals surface area contributed by atoms with Crippen molar-refractivity contribution < 1.29 is 0 Å². The van der Waals surface area contributed by atoms with E-state index in [4.69, 9.17) is 10.8 Å². The van der Waals surface area contributed by atoms with Crippen molar-refractivity contribution in [2.45, 2.75) is 58.3 Å². The number of unbranched alkanes of at least 4 members (excludes halogenated alkanes) is 3. The maximum absolute atomic E-state index is 7.75. The first-order chi connectivity index (χ1) is 7.66. The molecule has 0 rings (SSSR count). The predicted octanol–water partition coefficient (Wildman–Crippen LogP) is 3.39. The van der Waals surface area contributed by atoms with Crippen LogP contribution in [0.5, 0.6) is 0 Å². The zero-order valence-corrected chi connectivity index (χ0v) is 10.9. The van der Waals surface area contributed by atoms with Gasteiger partial charge in [0, 0.05) is 11.4 Å². The van der Waals surface area contributed by atoms with Crippen molar-refractivity contribution >= 4 is 11.4 Å². The Labute approximate surface area is 100 Å². The summed E-state index contributed by atoms with van der Waals surface area (Å²) in [7, 11) is 1.95. The summed E-state index contributed by atoms with van der Waals surface area (Å²) >= 11 is 0. The number of hydrogen-bond donors (Lipinski definition) is 3. The molecule has 0 unspecified atom stereocenters. The fourth-order valence-electron chi connectivity index (χ4n) is 1.69. The Morgan fingerprint density at radius 2 is 1.44 bits per heavy atom. The Hall–Kier alpha value is -0.700. The summed E-state index contributed by atoms with van der Waals surface area (Å²) in [6.45, 7) is 2.89. The summed E-state index contributed by atoms with van der Waals surface area (Å²) in [4.78, 5) is 0. The first-order valence-corrected chi connectivity index (χ1v) is 6.41. The van der Waals surface area contributed by atoms with Crippen LogP contribution < -0.4 is 5.32 Å². The summed E-state index contributed by atoms with van der Waals surface area (Å²) < 4.78 is 0. The van der Waals surface area contributed by atoms with Crippen LogP contribution in [0.1, 0.15) is 58.3 Å². The van der Waals surface area contributed by atoms with Crippen LogP contribution in [0.25, 0.3) is 0 Å². The highest BCUT2D eigenvalue weighted by atomic mass is 14.8. The Kier molecular flexibility index (Phi) is 10.3. The molecule has 16 heavy (non-hydrogen) atoms. The van der Waals surface area contributed by atoms with E-state index in [-0.39, 0.29) is 0 Å². The molecule has 3 heteroatoms. The molecule has 3 N–H and O–H groups in total. The standard InChI is InChI=1S/C13H27N3/c1-12(14)8-5-3-4-6-9-13(15)10-7-11-16-2/h14-16H,3-11H2,1-2H3. The van der Waals surface area contributed by atoms with Gasteiger partial charge in [0.15, 0.2) is 0 Å². The molecule has 0 aliphatic carbocycles. The van der Waals surface area contributed by atoms with Crippen molar-refractivity contribution in [1.29, 1.82) is 10.8 Å². The number of rotatable bonds is 11. The molecule has 94 valence electrons. The predicted molar refractivity (Wildman–Crippen MR) is 72.0 cm³/mol. The van der Waals surface area contributed by atoms with Crippen molar-refractivity contribution in [2.24, 2.45) is 0 Å². The second-order valence-electron chi connectivity index (χ2n) is 4.51. The van der Waals surface area contributed by atoms with E-state index in [0.29, 0.717) is 0 Å². The molecule has 0 aliphatic heterocycles. The van der Waals surface area contributed by atoms with E-state index in [1.807, 2.05) is 14.0 Å². The molecule has 0 aromatic rings. The Balaban J connectivity index is 3.18. The fourth-order valence-corrected chi connectivity index (χ4v) is 1.69. The minimum atomic E-state index is 0.791. The average Bonchev–Trinajstić information content (AvgIpc) is 2.23. The molecule has 3 nitrogen and oxygen atoms in total. The van der Waals surface area contributed by atoms with Crippen molar-refractivity contribution in [3.8, 4) is 0 Å². The molecule has 0 bridgehead atoms. The van der Waals surface area contributed by atoms with Crippen LogP contribution in [0.4, 0.5) is 0 Å². The molecule has 0 aromatic heterocycles. The smallest absolute Gasteiger partial charge is 0.00896 e. The summed E-state index contributed by atoms with van der Waals surface area (Å²) in [5.74, 6) is 0. The molecule has 0 heterocycles. The van der Waals surface area contributed by atoms with Crippen LogP contribution in [-0.2, 0) is 0 Å². The monoisotopic (exact) mass is 225 g/mol. The lowest BCUT2D eigenvalue weighted by atomic mass is 10.0. The molecule has 0 atom stereocenters. The van der Waals surface area contributed by atoms with E-state index in [1.54, 1.807) is 0 Å². The van der Waals surface area contributed by atoms with Gasteiger partial charge in [0.05, 0.1) is 0 Å². The lowest BCUT2D eigenvalue weighted by Crippen LogP contribution is -2.09. The highest BCUT2D eigenvalue weighted by Crippen LogP contribution is 2.07. The van der Waals surface area contributed by atoms with Gasteiger partial charge in [-0.25, -0.2) is 0 Å². The second kappa shape index (κ2) is 10.8. The van der Waals surface area contributed by atoms with Gasteiger partial charge in [0.25, 0.3) is 0 Å². The quantitative estimate of drug-likeness (QED) is 0.366. The van der Waals surface area contributed by atoms with Crippen molar-refractivity contribution in [3.05, 3.63) is 0 Å². The van der Waals surface area contributed by atoms with Gasteiger partial charge in [-0.05, 0) is 59.0 Å². The average molecular weight is 225 g/mol. The van der Waals surface area contributed by atoms with Gasteiger partial charge in [0.1, 0.15) is 0 Å². The molecular weight excluding hydrogens is 198 g/mol. The molecular formula is C13H27N3. The Bertz CT molecular complexity index is 199. The Morgan fingerprint density at radius 1 is 0.875 bits per heavy atom. The largest absolute Gasteiger partial charge is 0.320 e. The van der Waals surface area contributed by atoms with Gasteiger partial charge in [-0.3, -0.25) is 0 Å². The third kappa shape index (κ3) is 11.4. The van der Waals surface area contributed by atoms with E-state index >= 15 is 0 Å². The van der Waals surface area contributed by atoms with Crippen LogP contribution in [-0.4, -0.2) is 25.0 Å². The lowest BCUT2D eigenvalue weighted by Gasteiger charge is -2.04. The van der Waals surface area contributed by atoms with E-state index in [0.717, 1.165) is 56.5 Å². The normalized spacial score (nSPS) is 10.4. The second-order valence-corrected chi connectivity index (χ2v) is 4.51. The molecule has 0 amide bonds. The third-order valence-corrected chi connectivity index (χ3v) is 2.69. The van der Waals surface area contributed by atoms with Crippen LogP contribution in [0.3, 0.4) is 0 Å². The fraction of sp³-hybridized carbons (Fsp3) is 0.846. The summed E-state index contributed by atoms with van der Waals surface area (Å²) in [5.41, 5.74) is 1.69. The van der Waals surface area contributed by atoms with E-state index in [9.17, 15) is 0 Å². The van der Waals surface area contributed by atoms with Gasteiger partial charge in [-0.2, -0.15) is 0 Å². The maximum Gasteiger partial charge on any atom is 0.00896 e. The summed E-state index contributed by atoms with van der Waals surface area (Å²) in [6.07, 6.45) is 8.65. The molecule has 0 saturated heterocycles. The molecule has 0 aliphatic rings. The van der Waals surface area contributed by atoms with Crippen LogP contribution >= 0.6 is 0 Å². The van der Waals surface area contributed by atoms with Gasteiger partial charge in [0.2, 0.25) is 0 Å². The molecule has 0 radical (unpaired) electrons. The van der Waals surface area contributed by atoms with E-state index in [1.165, 1.54) is 12.8 Å². The summed E-state index contributed by atoms with van der Waals surface area (Å²) in [5, 5.41) is 18.2. The maximum atomic E-state index is 7.75. The third-order valence-electron chi connectivity index (χ3n) is 2.69. The van der Waals surface area contributed by atoms with Gasteiger partial charge < -0.3 is 16.1 Å². The minimum absolute atomic E-state index is 0.791. The number of hydrogen-bond acceptors (Lipinski definition) is 3. The first kappa shape index (κ1) is 15.3. The van der Waals surface area contributed by atoms with Crippen LogP contribution in [0, 0.1) is 10.8 Å². The van der Waals surface area contributed by atoms with Crippen molar-refractivity contribution in [1.82, 2.24) is 5.32 Å². The molecule has 0 saturated carbocycles. The SMILES string of the molecule is CNCCCC(=N)CCCCCCC(C)=N. The first-order valence-electron chi connectivity index (χ1n) is 6.41. The Morgan fingerprint density at radius 3 is 2.00 bits per heavy atom. The molecule has 0 fully saturated rings. The molecule has 0 spiro atoms. The van der Waals surface area contributed by atoms with Crippen molar-refractivity contribution in [2.75, 3.05) is 13.6 Å². The van der Waals surface area contributed by atoms with Gasteiger partial charge in [-0.15, -0.1) is 0 Å². The van der Waals surface area contributed by atoms with Gasteiger partial charge >= 0.3 is 0 Å². The zero-order valence-electron chi connectivity index (χ0n) is 10.9. The highest BCUT2D eigenvalue weighted by molar-refractivity contribution is 5.81. The minimum Gasteiger partial charge on any atom is -0.320 e. The van der Waals surface area contributed by atoms with E-state index < -0.39 is 0 Å². The topological polar surface area (TPSA) is 59.7 Å². The zero-order chi connectivity index (χ0) is 12.2. The highest BCUT2D eigenvalue weighted by Gasteiger charge is 1.97. The molecule has 0 aromatic carbocycles. The van der Waals surface area contributed by atoms with Gasteiger partial charge in [-0.1, -0.05) is 12.8 Å². The van der Waals surface area contributed by atoms with Crippen LogP contribution in [0.15, 0.2) is 0 Å². The lowest BCUT2D eigenvalue weighted by molar-refractivity contribution is 0.658. The van der Waals surface area contributed by atoms with Crippen LogP contribution in [0.2, 0.25) is 0 Å². The number of nitrogens with one attached hydrogen (secondary N) is 3. The van der Waals surface area contributed by atoms with Crippen molar-refractivity contribution in [3.63, 3.8) is 0 Å². The summed E-state index contributed by atoms with van der Waals surface area (Å²) in [6, 6.07) is 0.